The second kappa shape index (κ2) is 6.75. The van der Waals surface area contributed by atoms with Crippen molar-refractivity contribution in [1.82, 2.24) is 0 Å². The minimum absolute atomic E-state index is 0.415. The van der Waals surface area contributed by atoms with Crippen molar-refractivity contribution in [3.05, 3.63) is 22.8 Å². The number of hydrogen-bond donors (Lipinski definition) is 0. The van der Waals surface area contributed by atoms with E-state index in [-0.39, 0.29) is 0 Å². The highest BCUT2D eigenvalue weighted by Gasteiger charge is 2.06. The van der Waals surface area contributed by atoms with Crippen LogP contribution in [0.5, 0.6) is 5.75 Å². The van der Waals surface area contributed by atoms with Gasteiger partial charge in [-0.15, -0.1) is 0 Å². The van der Waals surface area contributed by atoms with Crippen LogP contribution in [0.15, 0.2) is 12.1 Å². The molecule has 0 atom stereocenters. The predicted octanol–water partition coefficient (Wildman–Crippen LogP) is 4.24. The number of benzene rings is 1. The van der Waals surface area contributed by atoms with Crippen LogP contribution in [0.4, 0.5) is 0 Å². The van der Waals surface area contributed by atoms with E-state index in [2.05, 4.69) is 107 Å². The molecule has 0 bridgehead atoms. The molecule has 1 aromatic carbocycles. The maximum Gasteiger partial charge on any atom is 0.150 e. The summed E-state index contributed by atoms with van der Waals surface area (Å²) >= 11 is 9.86. The zero-order chi connectivity index (χ0) is 10.6. The Kier molecular flexibility index (Phi) is 6.42. The van der Waals surface area contributed by atoms with Gasteiger partial charge in [-0.1, -0.05) is 0 Å². The predicted molar refractivity (Wildman–Crippen MR) is 86.8 cm³/mol. The number of rotatable bonds is 2. The van der Waals surface area contributed by atoms with Gasteiger partial charge in [0.2, 0.25) is 0 Å². The van der Waals surface area contributed by atoms with E-state index in [1.54, 1.807) is 0 Å². The third-order valence-corrected chi connectivity index (χ3v) is 3.82. The molecule has 0 fully saturated rings. The molecule has 0 heterocycles. The quantitative estimate of drug-likeness (QED) is 0.371. The van der Waals surface area contributed by atoms with Crippen LogP contribution >= 0.6 is 83.7 Å². The Balaban J connectivity index is 2.89. The van der Waals surface area contributed by atoms with Gasteiger partial charge < -0.3 is 4.74 Å². The smallest absolute Gasteiger partial charge is 0.150 e. The Morgan fingerprint density at radius 3 is 2.29 bits per heavy atom. The molecule has 0 saturated heterocycles. The third kappa shape index (κ3) is 4.02. The molecule has 1 aromatic rings. The van der Waals surface area contributed by atoms with Crippen molar-refractivity contribution in [2.75, 3.05) is 6.61 Å². The molecule has 0 aliphatic heterocycles. The Morgan fingerprint density at radius 1 is 1.21 bits per heavy atom. The van der Waals surface area contributed by atoms with Crippen molar-refractivity contribution in [2.45, 2.75) is 0 Å². The second-order valence-electron chi connectivity index (χ2n) is 2.26. The van der Waals surface area contributed by atoms with E-state index in [1.807, 2.05) is 0 Å². The van der Waals surface area contributed by atoms with Crippen LogP contribution in [-0.2, 0) is 0 Å². The topological polar surface area (TPSA) is 9.23 Å². The first-order valence-corrected chi connectivity index (χ1v) is 7.54. The largest absolute Gasteiger partial charge is 0.479 e. The molecule has 5 heteroatoms. The molecule has 0 radical (unpaired) electrons. The molecule has 1 rings (SSSR count). The summed E-state index contributed by atoms with van der Waals surface area (Å²) in [5.74, 6) is 3.72. The van der Waals surface area contributed by atoms with E-state index < -0.39 is 0 Å². The van der Waals surface area contributed by atoms with Crippen LogP contribution in [0, 0.1) is 21.5 Å². The average molecular weight is 589 g/mol. The van der Waals surface area contributed by atoms with E-state index in [1.165, 1.54) is 3.57 Å². The molecule has 0 amide bonds. The maximum absolute atomic E-state index is 5.54. The van der Waals surface area contributed by atoms with Gasteiger partial charge in [0.05, 0.1) is 7.14 Å². The molecule has 0 saturated carbocycles. The van der Waals surface area contributed by atoms with E-state index in [4.69, 9.17) is 4.74 Å². The summed E-state index contributed by atoms with van der Waals surface area (Å²) in [6, 6.07) is 4.17. The molecule has 0 spiro atoms. The lowest BCUT2D eigenvalue weighted by atomic mass is 10.3. The van der Waals surface area contributed by atoms with Crippen LogP contribution in [-0.4, -0.2) is 6.61 Å². The molecule has 0 aromatic heterocycles. The highest BCUT2D eigenvalue weighted by atomic mass is 127. The number of ether oxygens (including phenoxy) is 1. The first-order valence-electron chi connectivity index (χ1n) is 3.51. The average Bonchev–Trinajstić information content (AvgIpc) is 2.09. The molecule has 14 heavy (non-hydrogen) atoms. The molecule has 74 valence electrons. The Hall–Kier alpha value is 1.25. The minimum Gasteiger partial charge on any atom is -0.479 e. The van der Waals surface area contributed by atoms with Crippen LogP contribution in [0.2, 0.25) is 0 Å². The molecule has 0 aliphatic carbocycles. The van der Waals surface area contributed by atoms with Gasteiger partial charge in [-0.25, -0.2) is 0 Å². The fraction of sp³-hybridized carbons (Fsp3) is 0.111. The molecular weight excluding hydrogens is 585 g/mol. The number of halogens is 4. The molecular formula is C9H4BrI3O. The lowest BCUT2D eigenvalue weighted by Crippen LogP contribution is -1.98. The van der Waals surface area contributed by atoms with Gasteiger partial charge in [-0.3, -0.25) is 0 Å². The van der Waals surface area contributed by atoms with Crippen molar-refractivity contribution < 1.29 is 4.74 Å². The van der Waals surface area contributed by atoms with Crippen molar-refractivity contribution in [2.24, 2.45) is 0 Å². The van der Waals surface area contributed by atoms with Gasteiger partial charge in [0.25, 0.3) is 0 Å². The fourth-order valence-electron chi connectivity index (χ4n) is 0.802. The fourth-order valence-corrected chi connectivity index (χ4v) is 4.81. The Labute approximate surface area is 132 Å². The van der Waals surface area contributed by atoms with Gasteiger partial charge in [0, 0.05) is 19.5 Å². The zero-order valence-corrected chi connectivity index (χ0v) is 14.8. The summed E-state index contributed by atoms with van der Waals surface area (Å²) in [4.78, 5) is 2.62. The zero-order valence-electron chi connectivity index (χ0n) is 6.78. The van der Waals surface area contributed by atoms with Gasteiger partial charge in [0.15, 0.2) is 0 Å². The Morgan fingerprint density at radius 2 is 1.79 bits per heavy atom. The SMILES string of the molecule is BrC#CCOc1c(I)cc(I)cc1I. The van der Waals surface area contributed by atoms with Gasteiger partial charge in [-0.2, -0.15) is 0 Å². The molecule has 0 N–H and O–H groups in total. The van der Waals surface area contributed by atoms with Gasteiger partial charge in [-0.05, 0) is 90.7 Å². The molecule has 1 nitrogen and oxygen atoms in total. The standard InChI is InChI=1S/C9H4BrI3O/c10-2-1-3-14-9-7(12)4-6(11)5-8(9)13/h4-5H,3H2. The molecule has 0 unspecified atom stereocenters. The van der Waals surface area contributed by atoms with E-state index in [0.717, 1.165) is 12.9 Å². The highest BCUT2D eigenvalue weighted by molar-refractivity contribution is 14.1. The maximum atomic E-state index is 5.54. The first kappa shape index (κ1) is 13.3. The van der Waals surface area contributed by atoms with Gasteiger partial charge >= 0.3 is 0 Å². The van der Waals surface area contributed by atoms with Crippen LogP contribution < -0.4 is 4.74 Å². The van der Waals surface area contributed by atoms with Crippen molar-refractivity contribution in [3.8, 4) is 16.5 Å². The van der Waals surface area contributed by atoms with E-state index in [9.17, 15) is 0 Å². The van der Waals surface area contributed by atoms with Crippen molar-refractivity contribution in [1.29, 1.82) is 0 Å². The van der Waals surface area contributed by atoms with Crippen molar-refractivity contribution in [3.63, 3.8) is 0 Å². The van der Waals surface area contributed by atoms with E-state index >= 15 is 0 Å². The van der Waals surface area contributed by atoms with Crippen molar-refractivity contribution >= 4 is 83.7 Å². The second-order valence-corrected chi connectivity index (χ2v) is 6.23. The summed E-state index contributed by atoms with van der Waals surface area (Å²) in [7, 11) is 0. The monoisotopic (exact) mass is 588 g/mol. The molecule has 0 aliphatic rings. The summed E-state index contributed by atoms with van der Waals surface area (Å²) < 4.78 is 9.00. The Bertz CT molecular complexity index is 372. The van der Waals surface area contributed by atoms with Crippen LogP contribution in [0.1, 0.15) is 0 Å². The number of hydrogen-bond acceptors (Lipinski definition) is 1. The third-order valence-electron chi connectivity index (χ3n) is 1.32. The summed E-state index contributed by atoms with van der Waals surface area (Å²) in [5.41, 5.74) is 0. The summed E-state index contributed by atoms with van der Waals surface area (Å²) in [6.45, 7) is 0.415. The van der Waals surface area contributed by atoms with Gasteiger partial charge in [0.1, 0.15) is 12.4 Å². The van der Waals surface area contributed by atoms with Crippen LogP contribution in [0.25, 0.3) is 0 Å². The summed E-state index contributed by atoms with van der Waals surface area (Å²) in [6.07, 6.45) is 0. The lowest BCUT2D eigenvalue weighted by Gasteiger charge is -2.07. The van der Waals surface area contributed by atoms with Crippen LogP contribution in [0.3, 0.4) is 0 Å². The minimum atomic E-state index is 0.415. The lowest BCUT2D eigenvalue weighted by molar-refractivity contribution is 0.365. The normalized spacial score (nSPS) is 9.14. The van der Waals surface area contributed by atoms with E-state index in [0.29, 0.717) is 6.61 Å². The highest BCUT2D eigenvalue weighted by Crippen LogP contribution is 2.29. The first-order chi connectivity index (χ1) is 6.65. The summed E-state index contributed by atoms with van der Waals surface area (Å²) in [5, 5.41) is 0.